The first kappa shape index (κ1) is 16.5. The van der Waals surface area contributed by atoms with Crippen LogP contribution >= 0.6 is 0 Å². The molecule has 0 saturated carbocycles. The molecule has 1 aromatic carbocycles. The van der Waals surface area contributed by atoms with Crippen molar-refractivity contribution in [1.82, 2.24) is 9.88 Å². The van der Waals surface area contributed by atoms with Crippen molar-refractivity contribution in [2.75, 3.05) is 5.32 Å². The Morgan fingerprint density at radius 3 is 3.00 bits per heavy atom. The van der Waals surface area contributed by atoms with Crippen molar-refractivity contribution in [1.29, 1.82) is 5.26 Å². The Morgan fingerprint density at radius 2 is 2.27 bits per heavy atom. The molecular formula is C20H19FN4O. The first-order valence-corrected chi connectivity index (χ1v) is 8.75. The molecule has 2 aromatic rings. The lowest BCUT2D eigenvalue weighted by molar-refractivity contribution is -0.0314. The highest BCUT2D eigenvalue weighted by atomic mass is 19.1. The Balaban J connectivity index is 1.59. The number of nitrogens with zero attached hydrogens (tertiary/aromatic N) is 3. The molecule has 6 heteroatoms. The molecule has 0 spiro atoms. The van der Waals surface area contributed by atoms with Crippen molar-refractivity contribution < 1.29 is 9.18 Å². The number of nitriles is 1. The summed E-state index contributed by atoms with van der Waals surface area (Å²) in [5.41, 5.74) is 2.41. The summed E-state index contributed by atoms with van der Waals surface area (Å²) in [5, 5.41) is 12.4. The number of rotatable bonds is 2. The van der Waals surface area contributed by atoms with Crippen LogP contribution in [0.1, 0.15) is 31.2 Å². The number of hydrogen-bond acceptors (Lipinski definition) is 3. The second kappa shape index (κ2) is 6.10. The highest BCUT2D eigenvalue weighted by Gasteiger charge is 2.57. The minimum absolute atomic E-state index is 0.153. The predicted molar refractivity (Wildman–Crippen MR) is 95.8 cm³/mol. The standard InChI is InChI=1S/C20H19FN4O/c1-13-4-5-16(8-18(13)14-7-15(21)11-23-10-14)24-19(26)25-17-3-2-6-20(25,9-17)12-22/h4-5,7-8,10-11,17H,2-3,6,9H2,1H3,(H,24,26). The van der Waals surface area contributed by atoms with E-state index in [2.05, 4.69) is 16.4 Å². The molecule has 5 nitrogen and oxygen atoms in total. The molecule has 2 unspecified atom stereocenters. The number of piperidine rings is 1. The van der Waals surface area contributed by atoms with Crippen LogP contribution in [0.2, 0.25) is 0 Å². The number of fused-ring (bicyclic) bond motifs is 2. The van der Waals surface area contributed by atoms with E-state index in [4.69, 9.17) is 0 Å². The fourth-order valence-corrected chi connectivity index (χ4v) is 4.17. The molecule has 26 heavy (non-hydrogen) atoms. The van der Waals surface area contributed by atoms with Crippen LogP contribution in [0.25, 0.3) is 11.1 Å². The van der Waals surface area contributed by atoms with Gasteiger partial charge in [0.25, 0.3) is 0 Å². The van der Waals surface area contributed by atoms with Gasteiger partial charge < -0.3 is 10.2 Å². The van der Waals surface area contributed by atoms with Crippen molar-refractivity contribution in [3.05, 3.63) is 48.0 Å². The molecule has 1 aromatic heterocycles. The summed E-state index contributed by atoms with van der Waals surface area (Å²) in [5.74, 6) is -0.402. The zero-order valence-electron chi connectivity index (χ0n) is 14.5. The second-order valence-electron chi connectivity index (χ2n) is 7.12. The number of benzene rings is 1. The fourth-order valence-electron chi connectivity index (χ4n) is 4.17. The number of hydrogen-bond donors (Lipinski definition) is 1. The molecular weight excluding hydrogens is 331 g/mol. The Morgan fingerprint density at radius 1 is 1.42 bits per heavy atom. The number of amides is 2. The van der Waals surface area contributed by atoms with Gasteiger partial charge in [-0.1, -0.05) is 6.07 Å². The highest BCUT2D eigenvalue weighted by molar-refractivity contribution is 5.92. The highest BCUT2D eigenvalue weighted by Crippen LogP contribution is 2.47. The Bertz CT molecular complexity index is 918. The molecule has 3 heterocycles. The van der Waals surface area contributed by atoms with E-state index in [1.165, 1.54) is 6.07 Å². The van der Waals surface area contributed by atoms with Crippen LogP contribution in [-0.2, 0) is 0 Å². The van der Waals surface area contributed by atoms with Crippen molar-refractivity contribution in [3.8, 4) is 17.2 Å². The third-order valence-electron chi connectivity index (χ3n) is 5.46. The predicted octanol–water partition coefficient (Wildman–Crippen LogP) is 4.25. The van der Waals surface area contributed by atoms with Crippen LogP contribution in [0, 0.1) is 24.1 Å². The van der Waals surface area contributed by atoms with Gasteiger partial charge in [0.2, 0.25) is 0 Å². The van der Waals surface area contributed by atoms with E-state index < -0.39 is 11.4 Å². The van der Waals surface area contributed by atoms with Gasteiger partial charge in [-0.15, -0.1) is 0 Å². The number of carbonyl (C=O) groups excluding carboxylic acids is 1. The average molecular weight is 350 g/mol. The Kier molecular flexibility index (Phi) is 3.87. The first-order chi connectivity index (χ1) is 12.5. The Hall–Kier alpha value is -2.94. The zero-order chi connectivity index (χ0) is 18.3. The first-order valence-electron chi connectivity index (χ1n) is 8.75. The topological polar surface area (TPSA) is 69.0 Å². The summed E-state index contributed by atoms with van der Waals surface area (Å²) in [6.07, 6.45) is 6.21. The van der Waals surface area contributed by atoms with Crippen LogP contribution in [0.15, 0.2) is 36.7 Å². The zero-order valence-corrected chi connectivity index (χ0v) is 14.5. The van der Waals surface area contributed by atoms with E-state index in [1.54, 1.807) is 11.1 Å². The van der Waals surface area contributed by atoms with Crippen molar-refractivity contribution in [3.63, 3.8) is 0 Å². The minimum atomic E-state index is -0.646. The van der Waals surface area contributed by atoms with Gasteiger partial charge in [0.15, 0.2) is 0 Å². The van der Waals surface area contributed by atoms with E-state index in [0.717, 1.165) is 43.0 Å². The molecule has 2 saturated heterocycles. The maximum Gasteiger partial charge on any atom is 0.323 e. The Labute approximate surface area is 151 Å². The number of carbonyl (C=O) groups is 1. The van der Waals surface area contributed by atoms with Gasteiger partial charge in [-0.25, -0.2) is 9.18 Å². The lowest BCUT2D eigenvalue weighted by atomic mass is 9.69. The molecule has 2 aliphatic heterocycles. The van der Waals surface area contributed by atoms with Gasteiger partial charge in [-0.3, -0.25) is 4.98 Å². The molecule has 1 N–H and O–H groups in total. The van der Waals surface area contributed by atoms with Gasteiger partial charge in [0, 0.05) is 29.9 Å². The van der Waals surface area contributed by atoms with Crippen LogP contribution in [0.5, 0.6) is 0 Å². The maximum absolute atomic E-state index is 13.5. The SMILES string of the molecule is Cc1ccc(NC(=O)N2C3CCCC2(C#N)C3)cc1-c1cncc(F)c1. The summed E-state index contributed by atoms with van der Waals surface area (Å²) in [7, 11) is 0. The molecule has 0 radical (unpaired) electrons. The number of anilines is 1. The summed E-state index contributed by atoms with van der Waals surface area (Å²) < 4.78 is 13.5. The van der Waals surface area contributed by atoms with E-state index in [1.807, 2.05) is 25.1 Å². The molecule has 4 rings (SSSR count). The number of halogens is 1. The summed E-state index contributed by atoms with van der Waals surface area (Å²) in [6.45, 7) is 1.93. The molecule has 2 fully saturated rings. The monoisotopic (exact) mass is 350 g/mol. The van der Waals surface area contributed by atoms with Crippen molar-refractivity contribution in [2.24, 2.45) is 0 Å². The van der Waals surface area contributed by atoms with E-state index in [9.17, 15) is 14.4 Å². The van der Waals surface area contributed by atoms with Crippen molar-refractivity contribution >= 4 is 11.7 Å². The fraction of sp³-hybridized carbons (Fsp3) is 0.350. The molecule has 2 atom stereocenters. The van der Waals surface area contributed by atoms with Gasteiger partial charge in [0.05, 0.1) is 12.3 Å². The molecule has 2 amide bonds. The molecule has 2 bridgehead atoms. The van der Waals surface area contributed by atoms with E-state index >= 15 is 0 Å². The van der Waals surface area contributed by atoms with Crippen LogP contribution in [-0.4, -0.2) is 27.5 Å². The second-order valence-corrected chi connectivity index (χ2v) is 7.12. The van der Waals surface area contributed by atoms with Gasteiger partial charge in [-0.05, 0) is 55.5 Å². The lowest BCUT2D eigenvalue weighted by Gasteiger charge is -2.57. The molecule has 2 aliphatic rings. The summed E-state index contributed by atoms with van der Waals surface area (Å²) in [4.78, 5) is 18.3. The number of nitrogens with one attached hydrogen (secondary N) is 1. The van der Waals surface area contributed by atoms with E-state index in [0.29, 0.717) is 11.3 Å². The molecule has 132 valence electrons. The third-order valence-corrected chi connectivity index (χ3v) is 5.46. The largest absolute Gasteiger partial charge is 0.323 e. The summed E-state index contributed by atoms with van der Waals surface area (Å²) >= 11 is 0. The van der Waals surface area contributed by atoms with Crippen LogP contribution in [0.4, 0.5) is 14.9 Å². The number of aryl methyl sites for hydroxylation is 1. The minimum Gasteiger partial charge on any atom is -0.308 e. The van der Waals surface area contributed by atoms with Crippen LogP contribution in [0.3, 0.4) is 0 Å². The van der Waals surface area contributed by atoms with Gasteiger partial charge >= 0.3 is 6.03 Å². The van der Waals surface area contributed by atoms with Gasteiger partial charge in [-0.2, -0.15) is 5.26 Å². The number of aromatic nitrogens is 1. The number of pyridine rings is 1. The lowest BCUT2D eigenvalue weighted by Crippen LogP contribution is -2.70. The smallest absolute Gasteiger partial charge is 0.308 e. The maximum atomic E-state index is 13.5. The van der Waals surface area contributed by atoms with Crippen LogP contribution < -0.4 is 5.32 Å². The normalized spacial score (nSPS) is 23.7. The number of urea groups is 1. The van der Waals surface area contributed by atoms with E-state index in [-0.39, 0.29) is 12.1 Å². The van der Waals surface area contributed by atoms with Crippen molar-refractivity contribution in [2.45, 2.75) is 44.2 Å². The summed E-state index contributed by atoms with van der Waals surface area (Å²) in [6, 6.07) is 9.18. The quantitative estimate of drug-likeness (QED) is 0.880. The van der Waals surface area contributed by atoms with Gasteiger partial charge in [0.1, 0.15) is 11.4 Å². The average Bonchev–Trinajstić information content (AvgIpc) is 2.63. The molecule has 0 aliphatic carbocycles. The third kappa shape index (κ3) is 2.60.